The minimum absolute atomic E-state index is 0.0125. The van der Waals surface area contributed by atoms with E-state index < -0.39 is 0 Å². The van der Waals surface area contributed by atoms with Gasteiger partial charge in [0.2, 0.25) is 5.91 Å². The molecule has 3 rings (SSSR count). The van der Waals surface area contributed by atoms with Gasteiger partial charge in [-0.2, -0.15) is 0 Å². The highest BCUT2D eigenvalue weighted by molar-refractivity contribution is 5.76. The number of carbonyl (C=O) groups is 1. The molecule has 1 aliphatic rings. The maximum absolute atomic E-state index is 13.1. The number of nitrogens with one attached hydrogen (secondary N) is 3. The fourth-order valence-electron chi connectivity index (χ4n) is 3.20. The predicted molar refractivity (Wildman–Crippen MR) is 93.9 cm³/mol. The zero-order chi connectivity index (χ0) is 17.6. The van der Waals surface area contributed by atoms with Gasteiger partial charge >= 0.3 is 0 Å². The first kappa shape index (κ1) is 17.5. The third kappa shape index (κ3) is 4.61. The summed E-state index contributed by atoms with van der Waals surface area (Å²) in [6.07, 6.45) is 4.70. The number of nitrogens with zero attached hydrogens (tertiary/aromatic N) is 1. The molecule has 6 heteroatoms. The third-order valence-electron chi connectivity index (χ3n) is 4.67. The van der Waals surface area contributed by atoms with Crippen LogP contribution in [0.15, 0.2) is 48.8 Å². The van der Waals surface area contributed by atoms with Crippen molar-refractivity contribution in [3.8, 4) is 0 Å². The summed E-state index contributed by atoms with van der Waals surface area (Å²) in [5, 5.41) is 2.98. The Labute approximate surface area is 147 Å². The van der Waals surface area contributed by atoms with E-state index in [1.165, 1.54) is 12.1 Å². The van der Waals surface area contributed by atoms with Crippen LogP contribution in [0.25, 0.3) is 0 Å². The van der Waals surface area contributed by atoms with Crippen molar-refractivity contribution >= 4 is 5.91 Å². The van der Waals surface area contributed by atoms with Gasteiger partial charge in [0, 0.05) is 37.3 Å². The number of halogens is 1. The lowest BCUT2D eigenvalue weighted by molar-refractivity contribution is -0.122. The molecule has 1 fully saturated rings. The molecule has 3 N–H and O–H groups in total. The second kappa shape index (κ2) is 8.18. The Hall–Kier alpha value is -2.31. The van der Waals surface area contributed by atoms with Gasteiger partial charge in [-0.25, -0.2) is 9.82 Å². The summed E-state index contributed by atoms with van der Waals surface area (Å²) in [4.78, 5) is 16.3. The van der Waals surface area contributed by atoms with E-state index in [0.717, 1.165) is 17.5 Å². The normalized spacial score (nSPS) is 22.7. The van der Waals surface area contributed by atoms with Gasteiger partial charge in [-0.1, -0.05) is 12.1 Å². The van der Waals surface area contributed by atoms with Crippen LogP contribution < -0.4 is 16.2 Å². The first-order valence-corrected chi connectivity index (χ1v) is 8.55. The molecule has 0 bridgehead atoms. The van der Waals surface area contributed by atoms with Crippen molar-refractivity contribution in [3.05, 3.63) is 65.7 Å². The number of hydrazine groups is 1. The second-order valence-corrected chi connectivity index (χ2v) is 6.43. The molecule has 5 nitrogen and oxygen atoms in total. The number of pyridine rings is 1. The van der Waals surface area contributed by atoms with Gasteiger partial charge in [0.1, 0.15) is 5.82 Å². The number of rotatable bonds is 6. The Morgan fingerprint density at radius 1 is 1.16 bits per heavy atom. The van der Waals surface area contributed by atoms with Gasteiger partial charge < -0.3 is 5.32 Å². The largest absolute Gasteiger partial charge is 0.356 e. The van der Waals surface area contributed by atoms with Gasteiger partial charge in [-0.15, -0.1) is 0 Å². The van der Waals surface area contributed by atoms with Crippen molar-refractivity contribution in [2.75, 3.05) is 6.54 Å². The van der Waals surface area contributed by atoms with Crippen molar-refractivity contribution in [2.24, 2.45) is 5.92 Å². The van der Waals surface area contributed by atoms with E-state index in [1.54, 1.807) is 24.5 Å². The van der Waals surface area contributed by atoms with Gasteiger partial charge in [0.15, 0.2) is 0 Å². The quantitative estimate of drug-likeness (QED) is 0.752. The molecule has 1 amide bonds. The van der Waals surface area contributed by atoms with E-state index in [1.807, 2.05) is 19.1 Å². The number of hydrogen-bond acceptors (Lipinski definition) is 4. The molecular formula is C19H23FN4O. The van der Waals surface area contributed by atoms with E-state index in [9.17, 15) is 9.18 Å². The monoisotopic (exact) mass is 342 g/mol. The molecule has 0 aliphatic carbocycles. The van der Waals surface area contributed by atoms with Crippen LogP contribution in [0.3, 0.4) is 0 Å². The molecule has 2 aromatic rings. The molecule has 25 heavy (non-hydrogen) atoms. The Morgan fingerprint density at radius 2 is 1.88 bits per heavy atom. The average molecular weight is 342 g/mol. The van der Waals surface area contributed by atoms with Crippen molar-refractivity contribution < 1.29 is 9.18 Å². The molecule has 1 aliphatic heterocycles. The van der Waals surface area contributed by atoms with Crippen LogP contribution in [0, 0.1) is 11.7 Å². The van der Waals surface area contributed by atoms with Crippen LogP contribution in [-0.4, -0.2) is 23.5 Å². The van der Waals surface area contributed by atoms with Crippen LogP contribution in [-0.2, 0) is 11.2 Å². The van der Waals surface area contributed by atoms with Crippen LogP contribution >= 0.6 is 0 Å². The zero-order valence-electron chi connectivity index (χ0n) is 14.2. The predicted octanol–water partition coefficient (Wildman–Crippen LogP) is 2.12. The number of benzene rings is 1. The fourth-order valence-corrected chi connectivity index (χ4v) is 3.20. The summed E-state index contributed by atoms with van der Waals surface area (Å²) in [5.74, 6) is -0.122. The Kier molecular flexibility index (Phi) is 5.73. The van der Waals surface area contributed by atoms with Crippen molar-refractivity contribution in [3.63, 3.8) is 0 Å². The van der Waals surface area contributed by atoms with Crippen LogP contribution in [0.1, 0.15) is 30.5 Å². The summed E-state index contributed by atoms with van der Waals surface area (Å²) in [5.41, 5.74) is 8.54. The molecule has 1 aromatic carbocycles. The Balaban J connectivity index is 1.54. The molecule has 2 heterocycles. The number of carbonyl (C=O) groups excluding carboxylic acids is 1. The minimum atomic E-state index is -0.256. The molecule has 3 unspecified atom stereocenters. The first-order valence-electron chi connectivity index (χ1n) is 8.55. The second-order valence-electron chi connectivity index (χ2n) is 6.43. The van der Waals surface area contributed by atoms with E-state index in [0.29, 0.717) is 13.0 Å². The van der Waals surface area contributed by atoms with E-state index in [2.05, 4.69) is 21.2 Å². The highest BCUT2D eigenvalue weighted by atomic mass is 19.1. The molecule has 0 spiro atoms. The van der Waals surface area contributed by atoms with Crippen LogP contribution in [0.4, 0.5) is 4.39 Å². The van der Waals surface area contributed by atoms with Crippen LogP contribution in [0.2, 0.25) is 0 Å². The third-order valence-corrected chi connectivity index (χ3v) is 4.67. The van der Waals surface area contributed by atoms with Crippen molar-refractivity contribution in [2.45, 2.75) is 31.8 Å². The van der Waals surface area contributed by atoms with Crippen molar-refractivity contribution in [1.29, 1.82) is 0 Å². The fraction of sp³-hybridized carbons (Fsp3) is 0.368. The summed E-state index contributed by atoms with van der Waals surface area (Å²) in [6.45, 7) is 2.65. The average Bonchev–Trinajstić information content (AvgIpc) is 2.97. The first-order chi connectivity index (χ1) is 12.1. The SMILES string of the molecule is CC1NNC(c2ccc(F)cc2)C1CC(=O)NCCc1ccncc1. The van der Waals surface area contributed by atoms with Gasteiger partial charge in [0.25, 0.3) is 0 Å². The van der Waals surface area contributed by atoms with E-state index in [-0.39, 0.29) is 29.7 Å². The van der Waals surface area contributed by atoms with Gasteiger partial charge in [-0.3, -0.25) is 15.2 Å². The number of hydrogen-bond donors (Lipinski definition) is 3. The van der Waals surface area contributed by atoms with E-state index in [4.69, 9.17) is 0 Å². The minimum Gasteiger partial charge on any atom is -0.356 e. The van der Waals surface area contributed by atoms with Crippen LogP contribution in [0.5, 0.6) is 0 Å². The van der Waals surface area contributed by atoms with Gasteiger partial charge in [-0.05, 0) is 48.7 Å². The summed E-state index contributed by atoms with van der Waals surface area (Å²) >= 11 is 0. The molecule has 132 valence electrons. The lowest BCUT2D eigenvalue weighted by atomic mass is 9.87. The summed E-state index contributed by atoms with van der Waals surface area (Å²) < 4.78 is 13.1. The molecule has 1 saturated heterocycles. The zero-order valence-corrected chi connectivity index (χ0v) is 14.2. The Bertz CT molecular complexity index is 692. The topological polar surface area (TPSA) is 66.0 Å². The lowest BCUT2D eigenvalue weighted by Gasteiger charge is -2.21. The standard InChI is InChI=1S/C19H23FN4O/c1-13-17(19(24-23-13)15-2-4-16(20)5-3-15)12-18(25)22-11-8-14-6-9-21-10-7-14/h2-7,9-10,13,17,19,23-24H,8,11-12H2,1H3,(H,22,25). The molecule has 0 radical (unpaired) electrons. The van der Waals surface area contributed by atoms with Crippen molar-refractivity contribution in [1.82, 2.24) is 21.2 Å². The summed E-state index contributed by atoms with van der Waals surface area (Å²) in [7, 11) is 0. The Morgan fingerprint density at radius 3 is 2.60 bits per heavy atom. The lowest BCUT2D eigenvalue weighted by Crippen LogP contribution is -2.32. The molecule has 3 atom stereocenters. The van der Waals surface area contributed by atoms with Gasteiger partial charge in [0.05, 0.1) is 6.04 Å². The molecular weight excluding hydrogens is 319 g/mol. The number of amides is 1. The highest BCUT2D eigenvalue weighted by Gasteiger charge is 2.35. The number of aromatic nitrogens is 1. The molecule has 0 saturated carbocycles. The van der Waals surface area contributed by atoms with E-state index >= 15 is 0 Å². The smallest absolute Gasteiger partial charge is 0.220 e. The highest BCUT2D eigenvalue weighted by Crippen LogP contribution is 2.31. The summed E-state index contributed by atoms with van der Waals surface area (Å²) in [6, 6.07) is 10.5. The maximum Gasteiger partial charge on any atom is 0.220 e. The molecule has 1 aromatic heterocycles. The maximum atomic E-state index is 13.1.